The van der Waals surface area contributed by atoms with Crippen molar-refractivity contribution >= 4 is 0 Å². The number of aryl methyl sites for hydroxylation is 1. The van der Waals surface area contributed by atoms with Crippen LogP contribution in [0.4, 0.5) is 4.39 Å². The number of rotatable bonds is 5. The summed E-state index contributed by atoms with van der Waals surface area (Å²) in [7, 11) is 1.87. The molecule has 0 saturated carbocycles. The Balaban J connectivity index is 2.04. The summed E-state index contributed by atoms with van der Waals surface area (Å²) in [6, 6.07) is 14.7. The summed E-state index contributed by atoms with van der Waals surface area (Å²) in [5.74, 6) is -0.0453. The average molecular weight is 259 g/mol. The van der Waals surface area contributed by atoms with Crippen molar-refractivity contribution in [3.8, 4) is 5.75 Å². The van der Waals surface area contributed by atoms with E-state index in [1.807, 2.05) is 14.0 Å². The molecule has 0 aliphatic heterocycles. The minimum Gasteiger partial charge on any atom is -0.489 e. The summed E-state index contributed by atoms with van der Waals surface area (Å²) in [6.07, 6.45) is 0. The second-order valence-electron chi connectivity index (χ2n) is 4.49. The van der Waals surface area contributed by atoms with Gasteiger partial charge in [-0.3, -0.25) is 0 Å². The highest BCUT2D eigenvalue weighted by molar-refractivity contribution is 5.26. The van der Waals surface area contributed by atoms with Gasteiger partial charge < -0.3 is 10.1 Å². The second-order valence-corrected chi connectivity index (χ2v) is 4.49. The monoisotopic (exact) mass is 259 g/mol. The summed E-state index contributed by atoms with van der Waals surface area (Å²) < 4.78 is 19.0. The van der Waals surface area contributed by atoms with Crippen LogP contribution >= 0.6 is 0 Å². The van der Waals surface area contributed by atoms with Crippen molar-refractivity contribution in [2.45, 2.75) is 13.0 Å². The van der Waals surface area contributed by atoms with E-state index < -0.39 is 0 Å². The van der Waals surface area contributed by atoms with Gasteiger partial charge in [-0.2, -0.15) is 0 Å². The van der Waals surface area contributed by atoms with Crippen molar-refractivity contribution in [1.29, 1.82) is 0 Å². The maximum Gasteiger partial charge on any atom is 0.165 e. The Bertz CT molecular complexity index is 525. The molecule has 2 nitrogen and oxygen atoms in total. The van der Waals surface area contributed by atoms with Crippen LogP contribution in [0.5, 0.6) is 5.75 Å². The molecule has 0 bridgehead atoms. The molecule has 0 amide bonds. The fraction of sp³-hybridized carbons (Fsp3) is 0.250. The van der Waals surface area contributed by atoms with Crippen molar-refractivity contribution in [3.05, 3.63) is 65.5 Å². The normalized spacial score (nSPS) is 12.2. The van der Waals surface area contributed by atoms with E-state index in [4.69, 9.17) is 4.74 Å². The predicted octanol–water partition coefficient (Wildman–Crippen LogP) is 3.47. The van der Waals surface area contributed by atoms with Crippen LogP contribution in [0.1, 0.15) is 17.2 Å². The number of benzene rings is 2. The van der Waals surface area contributed by atoms with Gasteiger partial charge in [-0.05, 0) is 31.7 Å². The van der Waals surface area contributed by atoms with E-state index in [9.17, 15) is 4.39 Å². The molecule has 2 aromatic rings. The zero-order valence-corrected chi connectivity index (χ0v) is 11.2. The number of likely N-dealkylation sites (N-methyl/N-ethyl adjacent to an activating group) is 1. The highest BCUT2D eigenvalue weighted by atomic mass is 19.1. The molecule has 0 aliphatic rings. The Morgan fingerprint density at radius 2 is 1.79 bits per heavy atom. The van der Waals surface area contributed by atoms with Gasteiger partial charge in [0.2, 0.25) is 0 Å². The smallest absolute Gasteiger partial charge is 0.165 e. The van der Waals surface area contributed by atoms with E-state index >= 15 is 0 Å². The number of hydrogen-bond acceptors (Lipinski definition) is 2. The first-order valence-electron chi connectivity index (χ1n) is 6.32. The Labute approximate surface area is 113 Å². The fourth-order valence-corrected chi connectivity index (χ4v) is 1.88. The summed E-state index contributed by atoms with van der Waals surface area (Å²) in [4.78, 5) is 0. The number of para-hydroxylation sites is 1. The maximum atomic E-state index is 13.5. The van der Waals surface area contributed by atoms with Crippen molar-refractivity contribution in [2.75, 3.05) is 13.7 Å². The first kappa shape index (κ1) is 13.6. The van der Waals surface area contributed by atoms with Crippen LogP contribution in [0, 0.1) is 12.7 Å². The van der Waals surface area contributed by atoms with Crippen molar-refractivity contribution in [2.24, 2.45) is 0 Å². The largest absolute Gasteiger partial charge is 0.489 e. The molecular formula is C16H18FNO. The lowest BCUT2D eigenvalue weighted by Crippen LogP contribution is -2.23. The van der Waals surface area contributed by atoms with Crippen molar-refractivity contribution in [1.82, 2.24) is 5.32 Å². The Morgan fingerprint density at radius 1 is 1.11 bits per heavy atom. The highest BCUT2D eigenvalue weighted by Gasteiger charge is 2.11. The van der Waals surface area contributed by atoms with Crippen LogP contribution in [0.15, 0.2) is 48.5 Å². The minimum absolute atomic E-state index is 0.0419. The van der Waals surface area contributed by atoms with E-state index in [0.717, 1.165) is 5.56 Å². The fourth-order valence-electron chi connectivity index (χ4n) is 1.88. The van der Waals surface area contributed by atoms with Gasteiger partial charge in [-0.1, -0.05) is 42.0 Å². The van der Waals surface area contributed by atoms with Crippen LogP contribution < -0.4 is 10.1 Å². The van der Waals surface area contributed by atoms with Crippen LogP contribution in [-0.2, 0) is 0 Å². The first-order valence-corrected chi connectivity index (χ1v) is 6.32. The Hall–Kier alpha value is -1.87. The van der Waals surface area contributed by atoms with Crippen molar-refractivity contribution < 1.29 is 9.13 Å². The van der Waals surface area contributed by atoms with Gasteiger partial charge >= 0.3 is 0 Å². The van der Waals surface area contributed by atoms with E-state index in [1.165, 1.54) is 11.6 Å². The molecule has 100 valence electrons. The number of halogens is 1. The molecule has 2 aromatic carbocycles. The Kier molecular flexibility index (Phi) is 4.53. The summed E-state index contributed by atoms with van der Waals surface area (Å²) in [5, 5.41) is 3.18. The van der Waals surface area contributed by atoms with Gasteiger partial charge in [0.05, 0.1) is 6.04 Å². The zero-order chi connectivity index (χ0) is 13.7. The molecule has 0 aliphatic carbocycles. The van der Waals surface area contributed by atoms with Gasteiger partial charge in [-0.15, -0.1) is 0 Å². The molecule has 1 unspecified atom stereocenters. The molecular weight excluding hydrogens is 241 g/mol. The molecule has 2 rings (SSSR count). The van der Waals surface area contributed by atoms with Crippen molar-refractivity contribution in [3.63, 3.8) is 0 Å². The summed E-state index contributed by atoms with van der Waals surface area (Å²) >= 11 is 0. The molecule has 0 heterocycles. The maximum absolute atomic E-state index is 13.5. The standard InChI is InChI=1S/C16H18FNO/c1-12-7-9-13(10-8-12)15(18-2)11-19-16-6-4-3-5-14(16)17/h3-10,15,18H,11H2,1-2H3. The first-order chi connectivity index (χ1) is 9.20. The number of ether oxygens (including phenoxy) is 1. The lowest BCUT2D eigenvalue weighted by molar-refractivity contribution is 0.261. The quantitative estimate of drug-likeness (QED) is 0.887. The van der Waals surface area contributed by atoms with E-state index in [2.05, 4.69) is 29.6 Å². The lowest BCUT2D eigenvalue weighted by atomic mass is 10.1. The third-order valence-electron chi connectivity index (χ3n) is 3.07. The third kappa shape index (κ3) is 3.55. The predicted molar refractivity (Wildman–Crippen MR) is 74.9 cm³/mol. The Morgan fingerprint density at radius 3 is 2.42 bits per heavy atom. The zero-order valence-electron chi connectivity index (χ0n) is 11.2. The van der Waals surface area contributed by atoms with E-state index in [-0.39, 0.29) is 17.6 Å². The average Bonchev–Trinajstić information content (AvgIpc) is 2.43. The third-order valence-corrected chi connectivity index (χ3v) is 3.07. The summed E-state index contributed by atoms with van der Waals surface area (Å²) in [5.41, 5.74) is 2.35. The highest BCUT2D eigenvalue weighted by Crippen LogP contribution is 2.19. The van der Waals surface area contributed by atoms with Gasteiger partial charge in [-0.25, -0.2) is 4.39 Å². The minimum atomic E-state index is -0.332. The van der Waals surface area contributed by atoms with Gasteiger partial charge in [0.15, 0.2) is 11.6 Å². The van der Waals surface area contributed by atoms with E-state index in [0.29, 0.717) is 6.61 Å². The van der Waals surface area contributed by atoms with Gasteiger partial charge in [0.25, 0.3) is 0 Å². The van der Waals surface area contributed by atoms with Crippen LogP contribution in [0.25, 0.3) is 0 Å². The van der Waals surface area contributed by atoms with Gasteiger partial charge in [0.1, 0.15) is 6.61 Å². The molecule has 3 heteroatoms. The SMILES string of the molecule is CNC(COc1ccccc1F)c1ccc(C)cc1. The second kappa shape index (κ2) is 6.34. The lowest BCUT2D eigenvalue weighted by Gasteiger charge is -2.18. The molecule has 0 radical (unpaired) electrons. The summed E-state index contributed by atoms with van der Waals surface area (Å²) in [6.45, 7) is 2.44. The molecule has 0 saturated heterocycles. The van der Waals surface area contributed by atoms with Gasteiger partial charge in [0, 0.05) is 0 Å². The topological polar surface area (TPSA) is 21.3 Å². The molecule has 0 aromatic heterocycles. The molecule has 19 heavy (non-hydrogen) atoms. The molecule has 1 N–H and O–H groups in total. The van der Waals surface area contributed by atoms with Crippen LogP contribution in [0.3, 0.4) is 0 Å². The van der Waals surface area contributed by atoms with Crippen LogP contribution in [0.2, 0.25) is 0 Å². The molecule has 0 spiro atoms. The molecule has 0 fully saturated rings. The number of nitrogens with one attached hydrogen (secondary N) is 1. The molecule has 1 atom stereocenters. The van der Waals surface area contributed by atoms with E-state index in [1.54, 1.807) is 18.2 Å². The van der Waals surface area contributed by atoms with Crippen LogP contribution in [-0.4, -0.2) is 13.7 Å². The number of hydrogen-bond donors (Lipinski definition) is 1.